The molecule has 0 fully saturated rings. The number of carbonyl (C=O) groups is 1. The lowest BCUT2D eigenvalue weighted by atomic mass is 10.00. The van der Waals surface area contributed by atoms with E-state index in [9.17, 15) is 4.79 Å². The van der Waals surface area contributed by atoms with Gasteiger partial charge in [-0.15, -0.1) is 0 Å². The molecule has 1 aliphatic rings. The minimum atomic E-state index is -0.993. The van der Waals surface area contributed by atoms with Gasteiger partial charge in [0.1, 0.15) is 22.7 Å². The number of hydrogen-bond donors (Lipinski definition) is 1. The van der Waals surface area contributed by atoms with Crippen LogP contribution in [0.15, 0.2) is 12.1 Å². The van der Waals surface area contributed by atoms with E-state index in [4.69, 9.17) is 14.6 Å². The minimum Gasteiger partial charge on any atom is -0.497 e. The lowest BCUT2D eigenvalue weighted by molar-refractivity contribution is 0.0685. The van der Waals surface area contributed by atoms with Gasteiger partial charge in [0.15, 0.2) is 0 Å². The number of benzene rings is 1. The Morgan fingerprint density at radius 1 is 1.50 bits per heavy atom. The number of methoxy groups -OCH3 is 1. The second kappa shape index (κ2) is 3.40. The Morgan fingerprint density at radius 2 is 2.19 bits per heavy atom. The number of aromatic carboxylic acids is 1. The SMILES string of the molecule is COc1cc2c(c(C(=O)O)c1)OC(C)(C)C2. The van der Waals surface area contributed by atoms with Crippen LogP contribution in [0.5, 0.6) is 11.5 Å². The highest BCUT2D eigenvalue weighted by atomic mass is 16.5. The van der Waals surface area contributed by atoms with E-state index in [2.05, 4.69) is 0 Å². The van der Waals surface area contributed by atoms with Gasteiger partial charge in [-0.2, -0.15) is 0 Å². The molecule has 0 spiro atoms. The molecule has 0 aromatic heterocycles. The Morgan fingerprint density at radius 3 is 2.75 bits per heavy atom. The van der Waals surface area contributed by atoms with Crippen LogP contribution in [0, 0.1) is 0 Å². The maximum absolute atomic E-state index is 11.1. The molecule has 1 heterocycles. The van der Waals surface area contributed by atoms with E-state index in [1.165, 1.54) is 13.2 Å². The van der Waals surface area contributed by atoms with Crippen molar-refractivity contribution in [1.29, 1.82) is 0 Å². The molecule has 1 aliphatic heterocycles. The van der Waals surface area contributed by atoms with Gasteiger partial charge < -0.3 is 14.6 Å². The van der Waals surface area contributed by atoms with Gasteiger partial charge >= 0.3 is 5.97 Å². The fraction of sp³-hybridized carbons (Fsp3) is 0.417. The van der Waals surface area contributed by atoms with Gasteiger partial charge in [-0.1, -0.05) is 0 Å². The molecule has 0 saturated heterocycles. The van der Waals surface area contributed by atoms with Crippen molar-refractivity contribution in [1.82, 2.24) is 0 Å². The molecule has 1 aromatic carbocycles. The summed E-state index contributed by atoms with van der Waals surface area (Å²) in [5.41, 5.74) is 0.709. The van der Waals surface area contributed by atoms with E-state index < -0.39 is 5.97 Å². The molecule has 1 aromatic rings. The van der Waals surface area contributed by atoms with Crippen LogP contribution in [0.3, 0.4) is 0 Å². The first-order chi connectivity index (χ1) is 7.43. The average molecular weight is 222 g/mol. The monoisotopic (exact) mass is 222 g/mol. The van der Waals surface area contributed by atoms with E-state index >= 15 is 0 Å². The second-order valence-corrected chi connectivity index (χ2v) is 4.51. The summed E-state index contributed by atoms with van der Waals surface area (Å²) in [5, 5.41) is 9.10. The Balaban J connectivity index is 2.56. The Labute approximate surface area is 93.8 Å². The number of hydrogen-bond acceptors (Lipinski definition) is 3. The third kappa shape index (κ3) is 1.71. The molecule has 0 radical (unpaired) electrons. The first kappa shape index (κ1) is 10.8. The quantitative estimate of drug-likeness (QED) is 0.832. The lowest BCUT2D eigenvalue weighted by Gasteiger charge is -2.17. The van der Waals surface area contributed by atoms with Gasteiger partial charge in [-0.3, -0.25) is 0 Å². The van der Waals surface area contributed by atoms with Crippen LogP contribution >= 0.6 is 0 Å². The Hall–Kier alpha value is -1.71. The summed E-state index contributed by atoms with van der Waals surface area (Å²) in [6.07, 6.45) is 0.694. The molecule has 4 heteroatoms. The molecule has 16 heavy (non-hydrogen) atoms. The Bertz CT molecular complexity index is 449. The molecule has 1 N–H and O–H groups in total. The van der Waals surface area contributed by atoms with Crippen molar-refractivity contribution in [3.8, 4) is 11.5 Å². The van der Waals surface area contributed by atoms with Crippen LogP contribution in [0.4, 0.5) is 0 Å². The van der Waals surface area contributed by atoms with Gasteiger partial charge in [-0.05, 0) is 26.0 Å². The molecule has 0 unspecified atom stereocenters. The normalized spacial score (nSPS) is 16.4. The summed E-state index contributed by atoms with van der Waals surface area (Å²) in [6, 6.07) is 3.32. The number of carboxylic acids is 1. The van der Waals surface area contributed by atoms with Crippen LogP contribution in [0.2, 0.25) is 0 Å². The molecule has 0 saturated carbocycles. The zero-order valence-corrected chi connectivity index (χ0v) is 9.53. The van der Waals surface area contributed by atoms with Crippen LogP contribution in [0.1, 0.15) is 29.8 Å². The number of ether oxygens (including phenoxy) is 2. The topological polar surface area (TPSA) is 55.8 Å². The predicted octanol–water partition coefficient (Wildman–Crippen LogP) is 2.11. The fourth-order valence-corrected chi connectivity index (χ4v) is 1.96. The number of rotatable bonds is 2. The summed E-state index contributed by atoms with van der Waals surface area (Å²) < 4.78 is 10.7. The highest BCUT2D eigenvalue weighted by Crippen LogP contribution is 2.40. The van der Waals surface area contributed by atoms with Crippen molar-refractivity contribution in [3.05, 3.63) is 23.3 Å². The zero-order chi connectivity index (χ0) is 11.9. The average Bonchev–Trinajstić information content (AvgIpc) is 2.49. The first-order valence-corrected chi connectivity index (χ1v) is 5.06. The molecular formula is C12H14O4. The molecule has 2 rings (SSSR count). The number of fused-ring (bicyclic) bond motifs is 1. The highest BCUT2D eigenvalue weighted by molar-refractivity contribution is 5.92. The van der Waals surface area contributed by atoms with Gasteiger partial charge in [-0.25, -0.2) is 4.79 Å². The van der Waals surface area contributed by atoms with E-state index in [0.717, 1.165) is 5.56 Å². The smallest absolute Gasteiger partial charge is 0.339 e. The molecule has 0 atom stereocenters. The standard InChI is InChI=1S/C12H14O4/c1-12(2)6-7-4-8(15-3)5-9(11(13)14)10(7)16-12/h4-5H,6H2,1-3H3,(H,13,14). The maximum atomic E-state index is 11.1. The van der Waals surface area contributed by atoms with E-state index in [0.29, 0.717) is 17.9 Å². The minimum absolute atomic E-state index is 0.167. The van der Waals surface area contributed by atoms with Gasteiger partial charge in [0.05, 0.1) is 7.11 Å². The second-order valence-electron chi connectivity index (χ2n) is 4.51. The molecule has 0 aliphatic carbocycles. The molecular weight excluding hydrogens is 208 g/mol. The first-order valence-electron chi connectivity index (χ1n) is 5.06. The molecule has 0 bridgehead atoms. The molecule has 0 amide bonds. The molecule has 4 nitrogen and oxygen atoms in total. The van der Waals surface area contributed by atoms with Gasteiger partial charge in [0.25, 0.3) is 0 Å². The van der Waals surface area contributed by atoms with E-state index in [-0.39, 0.29) is 11.2 Å². The van der Waals surface area contributed by atoms with E-state index in [1.807, 2.05) is 19.9 Å². The molecule has 86 valence electrons. The summed E-state index contributed by atoms with van der Waals surface area (Å²) >= 11 is 0. The highest BCUT2D eigenvalue weighted by Gasteiger charge is 2.34. The van der Waals surface area contributed by atoms with Crippen molar-refractivity contribution in [3.63, 3.8) is 0 Å². The maximum Gasteiger partial charge on any atom is 0.339 e. The van der Waals surface area contributed by atoms with Gasteiger partial charge in [0, 0.05) is 12.0 Å². The third-order valence-electron chi connectivity index (χ3n) is 2.60. The van der Waals surface area contributed by atoms with Crippen molar-refractivity contribution in [2.24, 2.45) is 0 Å². The largest absolute Gasteiger partial charge is 0.497 e. The lowest BCUT2D eigenvalue weighted by Crippen LogP contribution is -2.25. The third-order valence-corrected chi connectivity index (χ3v) is 2.60. The zero-order valence-electron chi connectivity index (χ0n) is 9.53. The van der Waals surface area contributed by atoms with Crippen molar-refractivity contribution in [2.45, 2.75) is 25.9 Å². The van der Waals surface area contributed by atoms with Crippen molar-refractivity contribution >= 4 is 5.97 Å². The van der Waals surface area contributed by atoms with Crippen molar-refractivity contribution in [2.75, 3.05) is 7.11 Å². The van der Waals surface area contributed by atoms with Crippen LogP contribution < -0.4 is 9.47 Å². The van der Waals surface area contributed by atoms with Gasteiger partial charge in [0.2, 0.25) is 0 Å². The summed E-state index contributed by atoms with van der Waals surface area (Å²) in [7, 11) is 1.52. The predicted molar refractivity (Wildman–Crippen MR) is 58.4 cm³/mol. The van der Waals surface area contributed by atoms with Crippen LogP contribution in [-0.4, -0.2) is 23.8 Å². The Kier molecular flexibility index (Phi) is 2.30. The number of carboxylic acid groups (broad SMARTS) is 1. The summed E-state index contributed by atoms with van der Waals surface area (Å²) in [5.74, 6) is 0.0311. The van der Waals surface area contributed by atoms with E-state index in [1.54, 1.807) is 0 Å². The summed E-state index contributed by atoms with van der Waals surface area (Å²) in [4.78, 5) is 11.1. The summed E-state index contributed by atoms with van der Waals surface area (Å²) in [6.45, 7) is 3.87. The van der Waals surface area contributed by atoms with Crippen LogP contribution in [0.25, 0.3) is 0 Å². The fourth-order valence-electron chi connectivity index (χ4n) is 1.96. The van der Waals surface area contributed by atoms with Crippen molar-refractivity contribution < 1.29 is 19.4 Å². The van der Waals surface area contributed by atoms with Crippen LogP contribution in [-0.2, 0) is 6.42 Å².